The van der Waals surface area contributed by atoms with Gasteiger partial charge in [0.25, 0.3) is 0 Å². The van der Waals surface area contributed by atoms with E-state index < -0.39 is 17.3 Å². The molecule has 4 nitrogen and oxygen atoms in total. The molecular weight excluding hydrogens is 371 g/mol. The SMILES string of the molecule is Cc1cc(C(=O)C2CC3CCC(C2)N3C(=O)OC(C)(C)C)cc(C(F)(F)F)c1. The van der Waals surface area contributed by atoms with E-state index >= 15 is 0 Å². The number of hydrogen-bond donors (Lipinski definition) is 0. The van der Waals surface area contributed by atoms with Crippen LogP contribution in [-0.4, -0.2) is 34.5 Å². The van der Waals surface area contributed by atoms with Crippen LogP contribution in [0.2, 0.25) is 0 Å². The zero-order chi connectivity index (χ0) is 20.9. The zero-order valence-electron chi connectivity index (χ0n) is 16.6. The maximum atomic E-state index is 13.1. The van der Waals surface area contributed by atoms with Crippen LogP contribution in [0.25, 0.3) is 0 Å². The normalized spacial score (nSPS) is 25.0. The minimum atomic E-state index is -4.49. The van der Waals surface area contributed by atoms with Crippen LogP contribution in [0.1, 0.15) is 67.9 Å². The Hall–Kier alpha value is -2.05. The fourth-order valence-electron chi connectivity index (χ4n) is 4.33. The highest BCUT2D eigenvalue weighted by Crippen LogP contribution is 2.41. The van der Waals surface area contributed by atoms with E-state index in [2.05, 4.69) is 0 Å². The molecule has 2 atom stereocenters. The second-order valence-corrected chi connectivity index (χ2v) is 8.89. The van der Waals surface area contributed by atoms with E-state index in [9.17, 15) is 22.8 Å². The van der Waals surface area contributed by atoms with E-state index in [1.54, 1.807) is 32.6 Å². The molecule has 0 aromatic heterocycles. The number of piperidine rings is 1. The maximum Gasteiger partial charge on any atom is 0.416 e. The van der Waals surface area contributed by atoms with Crippen LogP contribution >= 0.6 is 0 Å². The highest BCUT2D eigenvalue weighted by molar-refractivity contribution is 5.98. The van der Waals surface area contributed by atoms with Gasteiger partial charge in [-0.3, -0.25) is 4.79 Å². The fraction of sp³-hybridized carbons (Fsp3) is 0.619. The molecule has 0 spiro atoms. The van der Waals surface area contributed by atoms with Crippen molar-refractivity contribution < 1.29 is 27.5 Å². The molecule has 7 heteroatoms. The number of hydrogen-bond acceptors (Lipinski definition) is 3. The molecule has 2 saturated heterocycles. The van der Waals surface area contributed by atoms with Crippen molar-refractivity contribution in [2.24, 2.45) is 5.92 Å². The van der Waals surface area contributed by atoms with Crippen LogP contribution in [0.5, 0.6) is 0 Å². The lowest BCUT2D eigenvalue weighted by atomic mass is 9.84. The number of aryl methyl sites for hydroxylation is 1. The van der Waals surface area contributed by atoms with E-state index in [1.807, 2.05) is 0 Å². The highest BCUT2D eigenvalue weighted by atomic mass is 19.4. The summed E-state index contributed by atoms with van der Waals surface area (Å²) in [6.45, 7) is 6.97. The van der Waals surface area contributed by atoms with Gasteiger partial charge in [-0.2, -0.15) is 13.2 Å². The van der Waals surface area contributed by atoms with Crippen LogP contribution in [0.4, 0.5) is 18.0 Å². The third-order valence-corrected chi connectivity index (χ3v) is 5.40. The molecule has 154 valence electrons. The summed E-state index contributed by atoms with van der Waals surface area (Å²) in [5.41, 5.74) is -0.890. The predicted octanol–water partition coefficient (Wildman–Crippen LogP) is 5.37. The molecule has 0 N–H and O–H groups in total. The number of ether oxygens (including phenoxy) is 1. The molecule has 1 aromatic rings. The number of ketones is 1. The molecule has 3 rings (SSSR count). The summed E-state index contributed by atoms with van der Waals surface area (Å²) in [4.78, 5) is 27.2. The number of halogens is 3. The highest BCUT2D eigenvalue weighted by Gasteiger charge is 2.46. The molecule has 28 heavy (non-hydrogen) atoms. The standard InChI is InChI=1S/C21H26F3NO3/c1-12-7-13(9-15(8-12)21(22,23)24)18(26)14-10-16-5-6-17(11-14)25(16)19(27)28-20(2,3)4/h7-9,14,16-17H,5-6,10-11H2,1-4H3. The van der Waals surface area contributed by atoms with Gasteiger partial charge in [-0.1, -0.05) is 0 Å². The minimum Gasteiger partial charge on any atom is -0.444 e. The molecule has 2 heterocycles. The summed E-state index contributed by atoms with van der Waals surface area (Å²) in [6.07, 6.45) is -2.36. The van der Waals surface area contributed by atoms with Gasteiger partial charge in [-0.05, 0) is 77.1 Å². The summed E-state index contributed by atoms with van der Waals surface area (Å²) in [5, 5.41) is 0. The second-order valence-electron chi connectivity index (χ2n) is 8.89. The Balaban J connectivity index is 1.77. The van der Waals surface area contributed by atoms with Crippen molar-refractivity contribution in [1.82, 2.24) is 4.90 Å². The first-order valence-electron chi connectivity index (χ1n) is 9.59. The van der Waals surface area contributed by atoms with Crippen LogP contribution in [-0.2, 0) is 10.9 Å². The van der Waals surface area contributed by atoms with Gasteiger partial charge in [-0.25, -0.2) is 4.79 Å². The molecule has 0 aliphatic carbocycles. The average molecular weight is 397 g/mol. The van der Waals surface area contributed by atoms with Gasteiger partial charge in [-0.15, -0.1) is 0 Å². The Kier molecular flexibility index (Phi) is 5.23. The van der Waals surface area contributed by atoms with Gasteiger partial charge in [0.1, 0.15) is 5.60 Å². The van der Waals surface area contributed by atoms with Crippen LogP contribution in [0, 0.1) is 12.8 Å². The van der Waals surface area contributed by atoms with Crippen molar-refractivity contribution in [2.75, 3.05) is 0 Å². The van der Waals surface area contributed by atoms with Crippen molar-refractivity contribution >= 4 is 11.9 Å². The topological polar surface area (TPSA) is 46.6 Å². The van der Waals surface area contributed by atoms with Gasteiger partial charge in [0, 0.05) is 23.6 Å². The zero-order valence-corrected chi connectivity index (χ0v) is 16.6. The lowest BCUT2D eigenvalue weighted by Crippen LogP contribution is -2.49. The third-order valence-electron chi connectivity index (χ3n) is 5.40. The van der Waals surface area contributed by atoms with Crippen molar-refractivity contribution in [3.63, 3.8) is 0 Å². The number of Topliss-reactive ketones (excluding diaryl/α,β-unsaturated/α-hetero) is 1. The molecule has 2 unspecified atom stereocenters. The summed E-state index contributed by atoms with van der Waals surface area (Å²) in [6, 6.07) is 3.30. The Morgan fingerprint density at radius 3 is 2.11 bits per heavy atom. The summed E-state index contributed by atoms with van der Waals surface area (Å²) < 4.78 is 44.8. The van der Waals surface area contributed by atoms with E-state index in [-0.39, 0.29) is 35.4 Å². The number of rotatable bonds is 2. The van der Waals surface area contributed by atoms with Gasteiger partial charge in [0.2, 0.25) is 0 Å². The number of amides is 1. The van der Waals surface area contributed by atoms with Crippen LogP contribution in [0.3, 0.4) is 0 Å². The smallest absolute Gasteiger partial charge is 0.416 e. The first-order chi connectivity index (χ1) is 12.8. The number of carbonyl (C=O) groups is 2. The molecule has 1 aromatic carbocycles. The van der Waals surface area contributed by atoms with E-state index in [1.165, 1.54) is 6.07 Å². The molecule has 2 bridgehead atoms. The van der Waals surface area contributed by atoms with E-state index in [4.69, 9.17) is 4.74 Å². The molecule has 1 amide bonds. The summed E-state index contributed by atoms with van der Waals surface area (Å²) >= 11 is 0. The number of benzene rings is 1. The largest absolute Gasteiger partial charge is 0.444 e. The monoisotopic (exact) mass is 397 g/mol. The Morgan fingerprint density at radius 2 is 1.61 bits per heavy atom. The van der Waals surface area contributed by atoms with Crippen molar-refractivity contribution in [1.29, 1.82) is 0 Å². The third kappa shape index (κ3) is 4.33. The fourth-order valence-corrected chi connectivity index (χ4v) is 4.33. The number of alkyl halides is 3. The average Bonchev–Trinajstić information content (AvgIpc) is 2.81. The first kappa shape index (κ1) is 20.7. The van der Waals surface area contributed by atoms with Gasteiger partial charge in [0.05, 0.1) is 5.56 Å². The van der Waals surface area contributed by atoms with Crippen LogP contribution in [0.15, 0.2) is 18.2 Å². The van der Waals surface area contributed by atoms with Crippen LogP contribution < -0.4 is 0 Å². The Labute approximate surface area is 163 Å². The lowest BCUT2D eigenvalue weighted by Gasteiger charge is -2.39. The van der Waals surface area contributed by atoms with Crippen molar-refractivity contribution in [2.45, 2.75) is 77.2 Å². The van der Waals surface area contributed by atoms with Crippen molar-refractivity contribution in [3.8, 4) is 0 Å². The lowest BCUT2D eigenvalue weighted by molar-refractivity contribution is -0.137. The number of nitrogens with zero attached hydrogens (tertiary/aromatic N) is 1. The van der Waals surface area contributed by atoms with Gasteiger partial charge < -0.3 is 9.64 Å². The number of fused-ring (bicyclic) bond motifs is 2. The number of carbonyl (C=O) groups excluding carboxylic acids is 2. The summed E-state index contributed by atoms with van der Waals surface area (Å²) in [5.74, 6) is -0.644. The van der Waals surface area contributed by atoms with Crippen molar-refractivity contribution in [3.05, 3.63) is 34.9 Å². The summed E-state index contributed by atoms with van der Waals surface area (Å²) in [7, 11) is 0. The molecule has 0 saturated carbocycles. The van der Waals surface area contributed by atoms with E-state index in [0.717, 1.165) is 25.0 Å². The molecule has 2 aliphatic rings. The van der Waals surface area contributed by atoms with Gasteiger partial charge in [0.15, 0.2) is 5.78 Å². The maximum absolute atomic E-state index is 13.1. The molecular formula is C21H26F3NO3. The molecule has 2 aliphatic heterocycles. The first-order valence-corrected chi connectivity index (χ1v) is 9.59. The molecule has 2 fully saturated rings. The second kappa shape index (κ2) is 7.08. The quantitative estimate of drug-likeness (QED) is 0.630. The Bertz CT molecular complexity index is 768. The van der Waals surface area contributed by atoms with Gasteiger partial charge >= 0.3 is 12.3 Å². The Morgan fingerprint density at radius 1 is 1.04 bits per heavy atom. The minimum absolute atomic E-state index is 0.0995. The molecule has 0 radical (unpaired) electrons. The van der Waals surface area contributed by atoms with E-state index in [0.29, 0.717) is 18.4 Å². The predicted molar refractivity (Wildman–Crippen MR) is 98.1 cm³/mol.